The first-order valence-corrected chi connectivity index (χ1v) is 24.6. The fourth-order valence-electron chi connectivity index (χ4n) is 9.94. The summed E-state index contributed by atoms with van der Waals surface area (Å²) in [5, 5.41) is 2.24. The Kier molecular flexibility index (Phi) is 11.4. The number of rotatable bonds is 7. The van der Waals surface area contributed by atoms with Crippen LogP contribution in [0.3, 0.4) is 0 Å². The minimum absolute atomic E-state index is 0.0634. The maximum Gasteiger partial charge on any atom is 0.503 e. The van der Waals surface area contributed by atoms with Gasteiger partial charge in [0.05, 0.1) is 22.7 Å². The molecule has 2 aromatic heterocycles. The molecule has 0 N–H and O–H groups in total. The number of nitrogens with zero attached hydrogens (tertiary/aromatic N) is 4. The highest BCUT2D eigenvalue weighted by Crippen LogP contribution is 2.47. The van der Waals surface area contributed by atoms with Crippen molar-refractivity contribution >= 4 is 50.6 Å². The van der Waals surface area contributed by atoms with Gasteiger partial charge in [-0.05, 0) is 124 Å². The zero-order valence-corrected chi connectivity index (χ0v) is 43.0. The first-order valence-electron chi connectivity index (χ1n) is 24.6. The molecule has 0 fully saturated rings. The van der Waals surface area contributed by atoms with Crippen LogP contribution in [-0.4, -0.2) is 15.6 Å². The number of para-hydroxylation sites is 4. The largest absolute Gasteiger partial charge is 0.503 e. The van der Waals surface area contributed by atoms with Crippen LogP contribution in [0.1, 0.15) is 105 Å². The molecule has 0 saturated heterocycles. The molecule has 0 unspecified atom stereocenters. The second kappa shape index (κ2) is 17.1. The van der Waals surface area contributed by atoms with Crippen LogP contribution in [0.2, 0.25) is 0 Å². The van der Waals surface area contributed by atoms with Gasteiger partial charge in [0.2, 0.25) is 11.4 Å². The van der Waals surface area contributed by atoms with E-state index in [0.29, 0.717) is 22.6 Å². The molecule has 0 aliphatic carbocycles. The highest BCUT2D eigenvalue weighted by Gasteiger charge is 2.39. The Labute approximate surface area is 417 Å². The van der Waals surface area contributed by atoms with Crippen molar-refractivity contribution in [1.29, 1.82) is 0 Å². The Bertz CT molecular complexity index is 3620. The van der Waals surface area contributed by atoms with Gasteiger partial charge in [0, 0.05) is 53.4 Å². The Morgan fingerprint density at radius 3 is 1.72 bits per heavy atom. The second-order valence-electron chi connectivity index (χ2n) is 23.1. The third kappa shape index (κ3) is 8.89. The smallest absolute Gasteiger partial charge is 0.457 e. The van der Waals surface area contributed by atoms with Crippen molar-refractivity contribution in [3.63, 3.8) is 0 Å². The summed E-state index contributed by atoms with van der Waals surface area (Å²) < 4.78 is 43.0. The molecule has 5 nitrogen and oxygen atoms in total. The van der Waals surface area contributed by atoms with Gasteiger partial charge in [0.1, 0.15) is 29.0 Å². The van der Waals surface area contributed by atoms with Crippen LogP contribution >= 0.6 is 0 Å². The Balaban J connectivity index is 1.23. The van der Waals surface area contributed by atoms with Crippen LogP contribution in [0.15, 0.2) is 158 Å². The first kappa shape index (κ1) is 47.2. The molecule has 0 bridgehead atoms. The monoisotopic (exact) mass is 940 g/mol. The van der Waals surface area contributed by atoms with E-state index in [1.54, 1.807) is 0 Å². The van der Waals surface area contributed by atoms with Crippen LogP contribution in [0, 0.1) is 11.6 Å². The average Bonchev–Trinajstić information content (AvgIpc) is 3.86. The van der Waals surface area contributed by atoms with Gasteiger partial charge in [-0.3, -0.25) is 4.57 Å². The molecule has 10 rings (SSSR count). The molecule has 9 aromatic rings. The quantitative estimate of drug-likeness (QED) is 0.149. The van der Waals surface area contributed by atoms with E-state index in [1.807, 2.05) is 53.2 Å². The number of hydrogen-bond acceptors (Lipinski definition) is 2. The number of fused-ring (bicyclic) bond motifs is 4. The van der Waals surface area contributed by atoms with E-state index in [1.165, 1.54) is 39.9 Å². The summed E-state index contributed by atoms with van der Waals surface area (Å²) in [5.74, 6) is 0.908. The topological polar surface area (TPSA) is 33.1 Å². The summed E-state index contributed by atoms with van der Waals surface area (Å²) >= 11 is 0. The Hall–Kier alpha value is -7.47. The van der Waals surface area contributed by atoms with E-state index in [4.69, 9.17) is 9.72 Å². The predicted molar refractivity (Wildman–Crippen MR) is 291 cm³/mol. The number of ether oxygens (including phenoxy) is 1. The minimum atomic E-state index is -0.637. The van der Waals surface area contributed by atoms with Crippen molar-refractivity contribution in [2.24, 2.45) is 0 Å². The Morgan fingerprint density at radius 2 is 1.07 bits per heavy atom. The molecule has 0 saturated carbocycles. The van der Waals surface area contributed by atoms with Crippen LogP contribution in [0.25, 0.3) is 49.9 Å². The highest BCUT2D eigenvalue weighted by atomic mass is 19.1. The van der Waals surface area contributed by atoms with Crippen molar-refractivity contribution < 1.29 is 13.5 Å². The van der Waals surface area contributed by atoms with Crippen LogP contribution in [0.5, 0.6) is 11.5 Å². The van der Waals surface area contributed by atoms with Crippen molar-refractivity contribution in [1.82, 2.24) is 18.7 Å². The van der Waals surface area contributed by atoms with E-state index in [2.05, 4.69) is 189 Å². The number of pyridine rings is 1. The average molecular weight is 941 g/mol. The van der Waals surface area contributed by atoms with Gasteiger partial charge in [-0.1, -0.05) is 138 Å². The molecule has 3 heterocycles. The Morgan fingerprint density at radius 1 is 0.479 bits per heavy atom. The van der Waals surface area contributed by atoms with E-state index in [9.17, 15) is 8.78 Å². The molecule has 356 valence electrons. The normalized spacial score (nSPS) is 13.2. The van der Waals surface area contributed by atoms with E-state index in [0.717, 1.165) is 62.0 Å². The van der Waals surface area contributed by atoms with Gasteiger partial charge in [-0.15, -0.1) is 0 Å². The van der Waals surface area contributed by atoms with Gasteiger partial charge in [0.25, 0.3) is 11.4 Å². The second-order valence-corrected chi connectivity index (χ2v) is 23.1. The molecular formula is C64H62F2N4O+2. The number of halogens is 2. The van der Waals surface area contributed by atoms with E-state index in [-0.39, 0.29) is 21.7 Å². The maximum atomic E-state index is 14.8. The fourth-order valence-corrected chi connectivity index (χ4v) is 9.94. The minimum Gasteiger partial charge on any atom is -0.457 e. The predicted octanol–water partition coefficient (Wildman–Crippen LogP) is 17.6. The lowest BCUT2D eigenvalue weighted by Gasteiger charge is -2.34. The third-order valence-electron chi connectivity index (χ3n) is 13.7. The van der Waals surface area contributed by atoms with Gasteiger partial charge < -0.3 is 4.74 Å². The number of hydrogen-bond donors (Lipinski definition) is 0. The van der Waals surface area contributed by atoms with Crippen molar-refractivity contribution in [2.45, 2.75) is 105 Å². The lowest BCUT2D eigenvalue weighted by Crippen LogP contribution is -2.23. The number of benzene rings is 7. The van der Waals surface area contributed by atoms with Crippen LogP contribution in [-0.2, 0) is 21.7 Å². The van der Waals surface area contributed by atoms with Gasteiger partial charge in [-0.25, -0.2) is 13.8 Å². The fraction of sp³-hybridized carbons (Fsp3) is 0.250. The summed E-state index contributed by atoms with van der Waals surface area (Å²) in [4.78, 5) is 4.94. The van der Waals surface area contributed by atoms with Crippen LogP contribution in [0.4, 0.5) is 31.5 Å². The molecular weight excluding hydrogens is 879 g/mol. The third-order valence-corrected chi connectivity index (χ3v) is 13.7. The zero-order valence-electron chi connectivity index (χ0n) is 43.0. The van der Waals surface area contributed by atoms with Crippen LogP contribution < -0.4 is 13.9 Å². The molecule has 7 heteroatoms. The van der Waals surface area contributed by atoms with Gasteiger partial charge in [0.15, 0.2) is 0 Å². The first-order chi connectivity index (χ1) is 33.5. The summed E-state index contributed by atoms with van der Waals surface area (Å²) in [6.45, 7) is 27.3. The summed E-state index contributed by atoms with van der Waals surface area (Å²) in [7, 11) is 0. The molecule has 1 aliphatic rings. The SMILES string of the molecule is CC(C)(C)c1ccnc(-n2c3ccccc3c3ccc(Oc4cc(-c5c(C(C)(C)C)cc(C(C)(C)C)cc5C(C)(C)C)cc([N+]5=C=[N+](c6ccccc6-c6cc(F)cc(F)c6)c6ccccc65)c4)cc32)c1. The summed E-state index contributed by atoms with van der Waals surface area (Å²) in [6.07, 6.45) is 1.90. The maximum absolute atomic E-state index is 14.8. The van der Waals surface area contributed by atoms with Crippen molar-refractivity contribution in [2.75, 3.05) is 0 Å². The lowest BCUT2D eigenvalue weighted by atomic mass is 9.71. The lowest BCUT2D eigenvalue weighted by molar-refractivity contribution is 0.483. The summed E-state index contributed by atoms with van der Waals surface area (Å²) in [6, 6.07) is 53.6. The molecule has 1 aliphatic heterocycles. The molecule has 0 spiro atoms. The standard InChI is InChI=1S/C64H62F2N4O/c1-61(2,3)42-27-28-67-59(35-42)70-55-22-16-14-20-50(55)51-26-25-47(38-58(51)70)71-48-32-41(60-52(63(7,8)9)33-43(62(4,5)6)34-53(60)64(10,11)12)31-46(37-48)68-39-69(57-24-18-17-23-56(57)68)54-21-15-13-19-49(54)40-29-44(65)36-45(66)30-40/h13-38H,1-12H3/q+2. The number of aromatic nitrogens is 2. The highest BCUT2D eigenvalue weighted by molar-refractivity contribution is 6.09. The molecule has 71 heavy (non-hydrogen) atoms. The molecule has 0 atom stereocenters. The summed E-state index contributed by atoms with van der Waals surface area (Å²) in [5.41, 5.74) is 13.1. The zero-order chi connectivity index (χ0) is 50.4. The van der Waals surface area contributed by atoms with Gasteiger partial charge >= 0.3 is 6.01 Å². The van der Waals surface area contributed by atoms with Crippen molar-refractivity contribution in [3.05, 3.63) is 192 Å². The van der Waals surface area contributed by atoms with Crippen molar-refractivity contribution in [3.8, 4) is 39.6 Å². The molecule has 7 aromatic carbocycles. The van der Waals surface area contributed by atoms with Gasteiger partial charge in [-0.2, -0.15) is 0 Å². The van der Waals surface area contributed by atoms with E-state index >= 15 is 0 Å². The van der Waals surface area contributed by atoms with E-state index < -0.39 is 11.6 Å². The molecule has 0 amide bonds. The molecule has 0 radical (unpaired) electrons.